The molecule has 144 valence electrons. The van der Waals surface area contributed by atoms with Gasteiger partial charge in [0, 0.05) is 22.6 Å². The standard InChI is InChI=1S/C20H19BrN4O2S/c1-13(22-19(27)15-6-4-3-5-7-15)18-23-24-20(25(18)2)28-12-17(26)14-8-10-16(21)11-9-14/h3-11,13H,12H2,1-2H3,(H,22,27). The molecule has 28 heavy (non-hydrogen) atoms. The zero-order valence-corrected chi connectivity index (χ0v) is 17.8. The van der Waals surface area contributed by atoms with Gasteiger partial charge in [0.1, 0.15) is 0 Å². The van der Waals surface area contributed by atoms with Crippen LogP contribution in [-0.2, 0) is 7.05 Å². The first-order valence-electron chi connectivity index (χ1n) is 8.62. The molecule has 0 radical (unpaired) electrons. The Morgan fingerprint density at radius 3 is 2.43 bits per heavy atom. The molecule has 0 bridgehead atoms. The van der Waals surface area contributed by atoms with E-state index in [0.29, 0.717) is 22.1 Å². The van der Waals surface area contributed by atoms with Crippen molar-refractivity contribution >= 4 is 39.4 Å². The average Bonchev–Trinajstić information content (AvgIpc) is 3.08. The van der Waals surface area contributed by atoms with E-state index in [9.17, 15) is 9.59 Å². The quantitative estimate of drug-likeness (QED) is 0.426. The molecule has 6 nitrogen and oxygen atoms in total. The van der Waals surface area contributed by atoms with E-state index in [0.717, 1.165) is 4.47 Å². The number of nitrogens with zero attached hydrogens (tertiary/aromatic N) is 3. The summed E-state index contributed by atoms with van der Waals surface area (Å²) in [5.74, 6) is 0.740. The summed E-state index contributed by atoms with van der Waals surface area (Å²) in [6.45, 7) is 1.85. The Balaban J connectivity index is 1.62. The van der Waals surface area contributed by atoms with Crippen LogP contribution in [0.15, 0.2) is 64.2 Å². The number of halogens is 1. The van der Waals surface area contributed by atoms with E-state index in [1.54, 1.807) is 28.8 Å². The van der Waals surface area contributed by atoms with Gasteiger partial charge in [-0.25, -0.2) is 0 Å². The van der Waals surface area contributed by atoms with Crippen molar-refractivity contribution in [3.05, 3.63) is 76.0 Å². The second kappa shape index (κ2) is 9.16. The fraction of sp³-hybridized carbons (Fsp3) is 0.200. The molecule has 0 saturated heterocycles. The second-order valence-electron chi connectivity index (χ2n) is 6.18. The first-order chi connectivity index (χ1) is 13.5. The highest BCUT2D eigenvalue weighted by atomic mass is 79.9. The molecule has 0 fully saturated rings. The number of rotatable bonds is 7. The van der Waals surface area contributed by atoms with Crippen molar-refractivity contribution in [1.82, 2.24) is 20.1 Å². The van der Waals surface area contributed by atoms with E-state index < -0.39 is 0 Å². The molecule has 2 aromatic carbocycles. The molecule has 1 atom stereocenters. The molecule has 1 unspecified atom stereocenters. The Labute approximate surface area is 175 Å². The van der Waals surface area contributed by atoms with Gasteiger partial charge < -0.3 is 9.88 Å². The number of nitrogens with one attached hydrogen (secondary N) is 1. The smallest absolute Gasteiger partial charge is 0.251 e. The first kappa shape index (κ1) is 20.3. The summed E-state index contributed by atoms with van der Waals surface area (Å²) in [4.78, 5) is 24.7. The number of aromatic nitrogens is 3. The molecule has 1 amide bonds. The van der Waals surface area contributed by atoms with Gasteiger partial charge in [0.25, 0.3) is 5.91 Å². The van der Waals surface area contributed by atoms with E-state index in [-0.39, 0.29) is 23.5 Å². The molecule has 8 heteroatoms. The number of hydrogen-bond donors (Lipinski definition) is 1. The maximum absolute atomic E-state index is 12.3. The molecule has 0 spiro atoms. The fourth-order valence-corrected chi connectivity index (χ4v) is 3.69. The van der Waals surface area contributed by atoms with Gasteiger partial charge in [0.05, 0.1) is 11.8 Å². The number of benzene rings is 2. The number of hydrogen-bond acceptors (Lipinski definition) is 5. The van der Waals surface area contributed by atoms with Gasteiger partial charge >= 0.3 is 0 Å². The third-order valence-electron chi connectivity index (χ3n) is 4.14. The largest absolute Gasteiger partial charge is 0.342 e. The van der Waals surface area contributed by atoms with Crippen LogP contribution in [0.5, 0.6) is 0 Å². The molecule has 0 aliphatic carbocycles. The van der Waals surface area contributed by atoms with E-state index in [4.69, 9.17) is 0 Å². The highest BCUT2D eigenvalue weighted by molar-refractivity contribution is 9.10. The van der Waals surface area contributed by atoms with Crippen LogP contribution in [0.3, 0.4) is 0 Å². The van der Waals surface area contributed by atoms with Crippen molar-refractivity contribution in [1.29, 1.82) is 0 Å². The highest BCUT2D eigenvalue weighted by Gasteiger charge is 2.19. The van der Waals surface area contributed by atoms with E-state index in [2.05, 4.69) is 31.4 Å². The van der Waals surface area contributed by atoms with E-state index in [1.165, 1.54) is 11.8 Å². The molecular formula is C20H19BrN4O2S. The predicted octanol–water partition coefficient (Wildman–Crippen LogP) is 4.04. The Morgan fingerprint density at radius 2 is 1.75 bits per heavy atom. The van der Waals surface area contributed by atoms with Gasteiger partial charge in [0.2, 0.25) is 0 Å². The molecule has 0 saturated carbocycles. The van der Waals surface area contributed by atoms with Gasteiger partial charge in [-0.05, 0) is 31.2 Å². The molecule has 3 aromatic rings. The minimum Gasteiger partial charge on any atom is -0.342 e. The summed E-state index contributed by atoms with van der Waals surface area (Å²) < 4.78 is 2.73. The number of carbonyl (C=O) groups is 2. The lowest BCUT2D eigenvalue weighted by Gasteiger charge is -2.13. The summed E-state index contributed by atoms with van der Waals surface area (Å²) in [7, 11) is 1.83. The Morgan fingerprint density at radius 1 is 1.07 bits per heavy atom. The molecule has 1 aromatic heterocycles. The second-order valence-corrected chi connectivity index (χ2v) is 8.04. The summed E-state index contributed by atoms with van der Waals surface area (Å²) in [5.41, 5.74) is 1.24. The van der Waals surface area contributed by atoms with Crippen LogP contribution >= 0.6 is 27.7 Å². The van der Waals surface area contributed by atoms with Crippen LogP contribution in [0, 0.1) is 0 Å². The lowest BCUT2D eigenvalue weighted by Crippen LogP contribution is -2.28. The zero-order chi connectivity index (χ0) is 20.1. The minimum atomic E-state index is -0.318. The molecule has 0 aliphatic heterocycles. The first-order valence-corrected chi connectivity index (χ1v) is 10.4. The molecule has 3 rings (SSSR count). The van der Waals surface area contributed by atoms with Crippen LogP contribution in [0.4, 0.5) is 0 Å². The number of thioether (sulfide) groups is 1. The average molecular weight is 459 g/mol. The summed E-state index contributed by atoms with van der Waals surface area (Å²) in [6.07, 6.45) is 0. The third kappa shape index (κ3) is 4.88. The summed E-state index contributed by atoms with van der Waals surface area (Å²) in [6, 6.07) is 16.0. The number of amides is 1. The Hall–Kier alpha value is -2.45. The van der Waals surface area contributed by atoms with Gasteiger partial charge in [-0.1, -0.05) is 58.0 Å². The molecule has 0 aliphatic rings. The van der Waals surface area contributed by atoms with Crippen LogP contribution in [0.1, 0.15) is 39.5 Å². The monoisotopic (exact) mass is 458 g/mol. The van der Waals surface area contributed by atoms with Crippen molar-refractivity contribution in [2.45, 2.75) is 18.1 Å². The van der Waals surface area contributed by atoms with Crippen molar-refractivity contribution in [3.63, 3.8) is 0 Å². The number of Topliss-reactive ketones (excluding diaryl/α,β-unsaturated/α-hetero) is 1. The topological polar surface area (TPSA) is 76.9 Å². The van der Waals surface area contributed by atoms with Crippen LogP contribution in [-0.4, -0.2) is 32.2 Å². The van der Waals surface area contributed by atoms with Gasteiger partial charge in [-0.2, -0.15) is 0 Å². The summed E-state index contributed by atoms with van der Waals surface area (Å²) >= 11 is 4.68. The van der Waals surface area contributed by atoms with Gasteiger partial charge in [-0.15, -0.1) is 10.2 Å². The fourth-order valence-electron chi connectivity index (χ4n) is 2.61. The van der Waals surface area contributed by atoms with Gasteiger partial charge in [-0.3, -0.25) is 9.59 Å². The van der Waals surface area contributed by atoms with Crippen molar-refractivity contribution in [2.75, 3.05) is 5.75 Å². The number of carbonyl (C=O) groups excluding carboxylic acids is 2. The lowest BCUT2D eigenvalue weighted by molar-refractivity contribution is 0.0937. The van der Waals surface area contributed by atoms with Crippen LogP contribution < -0.4 is 5.32 Å². The third-order valence-corrected chi connectivity index (χ3v) is 5.69. The van der Waals surface area contributed by atoms with Crippen LogP contribution in [0.25, 0.3) is 0 Å². The van der Waals surface area contributed by atoms with E-state index >= 15 is 0 Å². The van der Waals surface area contributed by atoms with Crippen molar-refractivity contribution < 1.29 is 9.59 Å². The zero-order valence-electron chi connectivity index (χ0n) is 15.4. The molecular weight excluding hydrogens is 440 g/mol. The lowest BCUT2D eigenvalue weighted by atomic mass is 10.2. The Bertz CT molecular complexity index is 974. The Kier molecular flexibility index (Phi) is 6.64. The molecule has 1 N–H and O–H groups in total. The minimum absolute atomic E-state index is 0.0208. The maximum Gasteiger partial charge on any atom is 0.251 e. The normalized spacial score (nSPS) is 11.8. The molecule has 1 heterocycles. The summed E-state index contributed by atoms with van der Waals surface area (Å²) in [5, 5.41) is 11.9. The maximum atomic E-state index is 12.3. The van der Waals surface area contributed by atoms with E-state index in [1.807, 2.05) is 44.3 Å². The van der Waals surface area contributed by atoms with Crippen molar-refractivity contribution in [3.8, 4) is 0 Å². The number of ketones is 1. The van der Waals surface area contributed by atoms with Gasteiger partial charge in [0.15, 0.2) is 16.8 Å². The van der Waals surface area contributed by atoms with Crippen molar-refractivity contribution in [2.24, 2.45) is 7.05 Å². The van der Waals surface area contributed by atoms with Crippen LogP contribution in [0.2, 0.25) is 0 Å². The SMILES string of the molecule is CC(NC(=O)c1ccccc1)c1nnc(SCC(=O)c2ccc(Br)cc2)n1C. The highest BCUT2D eigenvalue weighted by Crippen LogP contribution is 2.21. The predicted molar refractivity (Wildman–Crippen MR) is 113 cm³/mol.